The summed E-state index contributed by atoms with van der Waals surface area (Å²) in [5.41, 5.74) is 1.32. The Morgan fingerprint density at radius 3 is 2.76 bits per heavy atom. The van der Waals surface area contributed by atoms with Crippen molar-refractivity contribution in [2.24, 2.45) is 4.99 Å². The van der Waals surface area contributed by atoms with Crippen LogP contribution in [0.25, 0.3) is 0 Å². The van der Waals surface area contributed by atoms with Crippen LogP contribution in [0, 0.1) is 5.82 Å². The lowest BCUT2D eigenvalue weighted by Crippen LogP contribution is -2.34. The minimum atomic E-state index is -0.460. The van der Waals surface area contributed by atoms with E-state index < -0.39 is 5.82 Å². The molecule has 0 radical (unpaired) electrons. The van der Waals surface area contributed by atoms with Crippen LogP contribution in [0.5, 0.6) is 0 Å². The highest BCUT2D eigenvalue weighted by atomic mass is 35.5. The Morgan fingerprint density at radius 1 is 1.28 bits per heavy atom. The van der Waals surface area contributed by atoms with Gasteiger partial charge in [-0.05, 0) is 31.2 Å². The molecule has 0 aliphatic carbocycles. The highest BCUT2D eigenvalue weighted by molar-refractivity contribution is 6.30. The molecule has 0 spiro atoms. The molecule has 0 saturated heterocycles. The van der Waals surface area contributed by atoms with Crippen LogP contribution in [0.3, 0.4) is 0 Å². The summed E-state index contributed by atoms with van der Waals surface area (Å²) in [6.07, 6.45) is 0.211. The number of carbonyl (C=O) groups is 2. The third-order valence-corrected chi connectivity index (χ3v) is 4.06. The molecule has 1 aromatic carbocycles. The van der Waals surface area contributed by atoms with Crippen LogP contribution in [0.2, 0.25) is 5.15 Å². The van der Waals surface area contributed by atoms with Crippen LogP contribution in [-0.2, 0) is 9.59 Å². The highest BCUT2D eigenvalue weighted by Gasteiger charge is 2.27. The van der Waals surface area contributed by atoms with Gasteiger partial charge in [0.1, 0.15) is 29.0 Å². The number of hydrogen-bond acceptors (Lipinski definition) is 4. The van der Waals surface area contributed by atoms with Gasteiger partial charge in [0.15, 0.2) is 0 Å². The molecule has 3 rings (SSSR count). The average molecular weight is 360 g/mol. The number of anilines is 1. The number of aliphatic imine (C=N–C) groups is 1. The third-order valence-electron chi connectivity index (χ3n) is 3.84. The van der Waals surface area contributed by atoms with E-state index in [1.54, 1.807) is 30.3 Å². The van der Waals surface area contributed by atoms with Crippen LogP contribution >= 0.6 is 11.6 Å². The topological polar surface area (TPSA) is 62.6 Å². The Balaban J connectivity index is 2.14. The van der Waals surface area contributed by atoms with Gasteiger partial charge in [0.25, 0.3) is 0 Å². The fourth-order valence-corrected chi connectivity index (χ4v) is 2.79. The van der Waals surface area contributed by atoms with Crippen molar-refractivity contribution in [2.75, 3.05) is 18.0 Å². The molecule has 1 aliphatic heterocycles. The quantitative estimate of drug-likeness (QED) is 0.788. The van der Waals surface area contributed by atoms with E-state index in [-0.39, 0.29) is 47.6 Å². The second-order valence-corrected chi connectivity index (χ2v) is 6.03. The van der Waals surface area contributed by atoms with E-state index in [1.165, 1.54) is 17.9 Å². The summed E-state index contributed by atoms with van der Waals surface area (Å²) < 4.78 is 14.3. The van der Waals surface area contributed by atoms with Crippen molar-refractivity contribution in [2.45, 2.75) is 13.3 Å². The summed E-state index contributed by atoms with van der Waals surface area (Å²) in [6.45, 7) is 1.52. The van der Waals surface area contributed by atoms with E-state index in [4.69, 9.17) is 11.6 Å². The Hall–Kier alpha value is -2.60. The number of aromatic nitrogens is 1. The smallest absolute Gasteiger partial charge is 0.248 e. The lowest BCUT2D eigenvalue weighted by Gasteiger charge is -2.22. The van der Waals surface area contributed by atoms with Crippen molar-refractivity contribution in [3.05, 3.63) is 58.6 Å². The minimum Gasteiger partial charge on any atom is -0.308 e. The Morgan fingerprint density at radius 2 is 2.04 bits per heavy atom. The molecule has 7 heteroatoms. The predicted octanol–water partition coefficient (Wildman–Crippen LogP) is 3.04. The molecular formula is C18H15ClFN3O2. The molecule has 25 heavy (non-hydrogen) atoms. The summed E-state index contributed by atoms with van der Waals surface area (Å²) in [4.78, 5) is 33.8. The number of halogens is 2. The Kier molecular flexibility index (Phi) is 4.90. The van der Waals surface area contributed by atoms with Crippen molar-refractivity contribution in [3.8, 4) is 0 Å². The van der Waals surface area contributed by atoms with E-state index in [1.807, 2.05) is 0 Å². The van der Waals surface area contributed by atoms with Gasteiger partial charge in [-0.3, -0.25) is 14.6 Å². The Bertz CT molecular complexity index is 882. The van der Waals surface area contributed by atoms with Crippen LogP contribution in [0.4, 0.5) is 10.1 Å². The number of Topliss-reactive ketones (excluding diaryl/α,β-unsaturated/α-hetero) is 1. The first-order valence-electron chi connectivity index (χ1n) is 7.73. The van der Waals surface area contributed by atoms with Crippen molar-refractivity contribution in [3.63, 3.8) is 0 Å². The number of fused-ring (bicyclic) bond motifs is 1. The number of rotatable bonds is 4. The van der Waals surface area contributed by atoms with E-state index in [9.17, 15) is 14.0 Å². The highest BCUT2D eigenvalue weighted by Crippen LogP contribution is 2.28. The average Bonchev–Trinajstić information content (AvgIpc) is 2.70. The van der Waals surface area contributed by atoms with Gasteiger partial charge in [0.2, 0.25) is 5.91 Å². The zero-order valence-electron chi connectivity index (χ0n) is 13.5. The molecule has 0 N–H and O–H groups in total. The molecule has 0 fully saturated rings. The zero-order valence-corrected chi connectivity index (χ0v) is 14.3. The van der Waals surface area contributed by atoms with Gasteiger partial charge in [0.05, 0.1) is 11.4 Å². The van der Waals surface area contributed by atoms with Gasteiger partial charge in [-0.15, -0.1) is 0 Å². The zero-order chi connectivity index (χ0) is 18.0. The molecule has 5 nitrogen and oxygen atoms in total. The molecule has 2 aromatic rings. The van der Waals surface area contributed by atoms with Crippen LogP contribution in [-0.4, -0.2) is 35.5 Å². The van der Waals surface area contributed by atoms with Crippen molar-refractivity contribution in [1.29, 1.82) is 0 Å². The van der Waals surface area contributed by atoms with Crippen molar-refractivity contribution < 1.29 is 14.0 Å². The molecule has 0 bridgehead atoms. The van der Waals surface area contributed by atoms with Crippen molar-refractivity contribution >= 4 is 34.7 Å². The summed E-state index contributed by atoms with van der Waals surface area (Å²) in [6, 6.07) is 9.36. The molecule has 0 saturated carbocycles. The lowest BCUT2D eigenvalue weighted by atomic mass is 10.0. The maximum atomic E-state index is 14.3. The number of carbonyl (C=O) groups excluding carboxylic acids is 2. The number of amides is 1. The van der Waals surface area contributed by atoms with E-state index >= 15 is 0 Å². The first kappa shape index (κ1) is 17.2. The standard InChI is InChI=1S/C18H15ClFN3O2/c1-11(24)8-9-23-14-6-7-15(19)22-18(14)17(21-10-16(23)25)12-4-2-3-5-13(12)20/h2-7H,8-10H2,1H3. The monoisotopic (exact) mass is 359 g/mol. The van der Waals surface area contributed by atoms with Crippen LogP contribution < -0.4 is 4.90 Å². The molecular weight excluding hydrogens is 345 g/mol. The summed E-state index contributed by atoms with van der Waals surface area (Å²) in [7, 11) is 0. The van der Waals surface area contributed by atoms with Gasteiger partial charge in [-0.2, -0.15) is 0 Å². The van der Waals surface area contributed by atoms with E-state index in [2.05, 4.69) is 9.98 Å². The lowest BCUT2D eigenvalue weighted by molar-refractivity contribution is -0.117. The number of hydrogen-bond donors (Lipinski definition) is 0. The third kappa shape index (κ3) is 3.58. The molecule has 128 valence electrons. The fraction of sp³-hybridized carbons (Fsp3) is 0.222. The Labute approximate surface area is 149 Å². The summed E-state index contributed by atoms with van der Waals surface area (Å²) in [5.74, 6) is -0.771. The largest absolute Gasteiger partial charge is 0.308 e. The van der Waals surface area contributed by atoms with Crippen LogP contribution in [0.15, 0.2) is 41.4 Å². The predicted molar refractivity (Wildman–Crippen MR) is 93.8 cm³/mol. The van der Waals surface area contributed by atoms with Crippen molar-refractivity contribution in [1.82, 2.24) is 4.98 Å². The SMILES string of the molecule is CC(=O)CCN1C(=O)CN=C(c2ccccc2F)c2nc(Cl)ccc21. The molecule has 1 amide bonds. The second-order valence-electron chi connectivity index (χ2n) is 5.64. The molecule has 0 unspecified atom stereocenters. The summed E-state index contributed by atoms with van der Waals surface area (Å²) >= 11 is 6.02. The maximum Gasteiger partial charge on any atom is 0.248 e. The number of pyridine rings is 1. The number of benzene rings is 1. The maximum absolute atomic E-state index is 14.3. The van der Waals surface area contributed by atoms with Crippen LogP contribution in [0.1, 0.15) is 24.6 Å². The first-order valence-corrected chi connectivity index (χ1v) is 8.11. The summed E-state index contributed by atoms with van der Waals surface area (Å²) in [5, 5.41) is 0.212. The second kappa shape index (κ2) is 7.11. The van der Waals surface area contributed by atoms with Gasteiger partial charge in [-0.1, -0.05) is 23.7 Å². The van der Waals surface area contributed by atoms with E-state index in [0.29, 0.717) is 11.4 Å². The first-order chi connectivity index (χ1) is 12.0. The minimum absolute atomic E-state index is 0.0317. The normalized spacial score (nSPS) is 14.0. The van der Waals surface area contributed by atoms with Gasteiger partial charge < -0.3 is 4.90 Å². The number of ketones is 1. The fourth-order valence-electron chi connectivity index (χ4n) is 2.64. The molecule has 2 heterocycles. The number of nitrogens with zero attached hydrogens (tertiary/aromatic N) is 3. The molecule has 1 aromatic heterocycles. The molecule has 1 aliphatic rings. The van der Waals surface area contributed by atoms with Gasteiger partial charge >= 0.3 is 0 Å². The van der Waals surface area contributed by atoms with E-state index in [0.717, 1.165) is 0 Å². The van der Waals surface area contributed by atoms with Gasteiger partial charge in [-0.25, -0.2) is 9.37 Å². The molecule has 0 atom stereocenters. The van der Waals surface area contributed by atoms with Gasteiger partial charge in [0, 0.05) is 18.5 Å².